The Morgan fingerprint density at radius 1 is 1.50 bits per heavy atom. The molecule has 0 radical (unpaired) electrons. The van der Waals surface area contributed by atoms with Gasteiger partial charge in [-0.05, 0) is 24.6 Å². The summed E-state index contributed by atoms with van der Waals surface area (Å²) in [6.07, 6.45) is -0.444. The van der Waals surface area contributed by atoms with Gasteiger partial charge in [0, 0.05) is 7.05 Å². The number of hydrogen-bond acceptors (Lipinski definition) is 3. The van der Waals surface area contributed by atoms with Gasteiger partial charge < -0.3 is 19.8 Å². The van der Waals surface area contributed by atoms with E-state index < -0.39 is 19.3 Å². The number of amides is 1. The van der Waals surface area contributed by atoms with Crippen LogP contribution in [0.1, 0.15) is 5.56 Å². The van der Waals surface area contributed by atoms with Crippen LogP contribution in [0, 0.1) is 6.92 Å². The number of aryl methyl sites for hydroxylation is 1. The molecule has 0 aliphatic carbocycles. The Balaban J connectivity index is 0.000000411. The molecule has 6 nitrogen and oxygen atoms in total. The molecule has 3 N–H and O–H groups in total. The fourth-order valence-electron chi connectivity index (χ4n) is 0.837. The van der Waals surface area contributed by atoms with Crippen LogP contribution in [0.25, 0.3) is 0 Å². The number of ether oxygens (including phenoxy) is 1. The smallest absolute Gasteiger partial charge is 0.410 e. The van der Waals surface area contributed by atoms with E-state index in [2.05, 4.69) is 5.32 Å². The molecule has 0 aromatic heterocycles. The Morgan fingerprint density at radius 3 is 2.44 bits per heavy atom. The van der Waals surface area contributed by atoms with Gasteiger partial charge in [0.15, 0.2) is 0 Å². The summed E-state index contributed by atoms with van der Waals surface area (Å²) in [6.45, 7) is 1.94. The van der Waals surface area contributed by atoms with Crippen LogP contribution < -0.4 is 10.1 Å². The van der Waals surface area contributed by atoms with Crippen molar-refractivity contribution in [2.75, 3.05) is 12.7 Å². The molecule has 0 bridgehead atoms. The maximum atomic E-state index is 10.8. The number of alkyl halides is 1. The highest BCUT2D eigenvalue weighted by Gasteiger charge is 2.07. The van der Waals surface area contributed by atoms with Gasteiger partial charge in [0.1, 0.15) is 11.4 Å². The second-order valence-electron chi connectivity index (χ2n) is 3.24. The number of halogens is 1. The van der Waals surface area contributed by atoms with E-state index in [1.807, 2.05) is 19.1 Å². The van der Waals surface area contributed by atoms with E-state index in [-0.39, 0.29) is 0 Å². The largest absolute Gasteiger partial charge is 0.412 e. The first kappa shape index (κ1) is 16.9. The maximum Gasteiger partial charge on any atom is 0.412 e. The summed E-state index contributed by atoms with van der Waals surface area (Å²) in [5, 5.41) is 2.37. The van der Waals surface area contributed by atoms with Gasteiger partial charge in [-0.15, -0.1) is 11.6 Å². The summed E-state index contributed by atoms with van der Waals surface area (Å²) in [7, 11) is -2.36. The summed E-state index contributed by atoms with van der Waals surface area (Å²) in [5.74, 6) is 0.564. The lowest BCUT2D eigenvalue weighted by molar-refractivity contribution is 0.203. The molecular weight excluding hydrogens is 281 g/mol. The van der Waals surface area contributed by atoms with Crippen molar-refractivity contribution in [2.24, 2.45) is 0 Å². The summed E-state index contributed by atoms with van der Waals surface area (Å²) in [4.78, 5) is 26.4. The molecule has 0 unspecified atom stereocenters. The predicted octanol–water partition coefficient (Wildman–Crippen LogP) is 2.07. The van der Waals surface area contributed by atoms with E-state index >= 15 is 0 Å². The van der Waals surface area contributed by atoms with Crippen LogP contribution in [0.2, 0.25) is 0 Å². The zero-order valence-corrected chi connectivity index (χ0v) is 11.6. The van der Waals surface area contributed by atoms with Crippen LogP contribution in [-0.4, -0.2) is 28.5 Å². The van der Waals surface area contributed by atoms with Crippen LogP contribution in [0.3, 0.4) is 0 Å². The van der Waals surface area contributed by atoms with Crippen molar-refractivity contribution < 1.29 is 23.9 Å². The van der Waals surface area contributed by atoms with Gasteiger partial charge >= 0.3 is 13.7 Å². The van der Waals surface area contributed by atoms with Crippen molar-refractivity contribution in [2.45, 2.75) is 6.92 Å². The van der Waals surface area contributed by atoms with E-state index in [1.54, 1.807) is 12.1 Å². The van der Waals surface area contributed by atoms with Crippen LogP contribution >= 0.6 is 19.2 Å². The molecule has 0 fully saturated rings. The highest BCUT2D eigenvalue weighted by Crippen LogP contribution is 2.34. The van der Waals surface area contributed by atoms with Crippen molar-refractivity contribution in [3.8, 4) is 5.75 Å². The summed E-state index contributed by atoms with van der Waals surface area (Å²) in [5.41, 5.74) is 0.476. The molecule has 1 amide bonds. The highest BCUT2D eigenvalue weighted by molar-refractivity contribution is 7.53. The number of carbonyl (C=O) groups excluding carboxylic acids is 1. The van der Waals surface area contributed by atoms with Crippen molar-refractivity contribution in [3.63, 3.8) is 0 Å². The van der Waals surface area contributed by atoms with Gasteiger partial charge in [-0.2, -0.15) is 0 Å². The molecule has 0 aliphatic heterocycles. The standard InChI is InChI=1S/C9H11NO2.CH4ClO3P/c1-7-4-3-5-8(6-7)12-9(11)10-2;2-1-6(3,4)5/h3-6H,1-2H3,(H,10,11);1H2,(H2,3,4,5). The molecule has 18 heavy (non-hydrogen) atoms. The van der Waals surface area contributed by atoms with Gasteiger partial charge in [0.05, 0.1) is 0 Å². The Morgan fingerprint density at radius 2 is 2.06 bits per heavy atom. The molecule has 8 heteroatoms. The first-order valence-corrected chi connectivity index (χ1v) is 7.18. The summed E-state index contributed by atoms with van der Waals surface area (Å²) in [6, 6.07) is 7.32. The molecule has 0 atom stereocenters. The van der Waals surface area contributed by atoms with E-state index in [4.69, 9.17) is 26.1 Å². The van der Waals surface area contributed by atoms with Crippen molar-refractivity contribution in [1.82, 2.24) is 5.32 Å². The number of benzene rings is 1. The van der Waals surface area contributed by atoms with Crippen LogP contribution in [-0.2, 0) is 4.57 Å². The molecule has 102 valence electrons. The Kier molecular flexibility index (Phi) is 7.62. The monoisotopic (exact) mass is 295 g/mol. The summed E-state index contributed by atoms with van der Waals surface area (Å²) < 4.78 is 14.5. The van der Waals surface area contributed by atoms with Gasteiger partial charge in [0.25, 0.3) is 0 Å². The lowest BCUT2D eigenvalue weighted by Crippen LogP contribution is -2.21. The zero-order valence-electron chi connectivity index (χ0n) is 9.96. The van der Waals surface area contributed by atoms with Crippen molar-refractivity contribution in [3.05, 3.63) is 29.8 Å². The Labute approximate surface area is 110 Å². The van der Waals surface area contributed by atoms with E-state index in [0.717, 1.165) is 5.56 Å². The Hall–Kier alpha value is -1.07. The number of carbonyl (C=O) groups is 1. The minimum atomic E-state index is -3.88. The zero-order chi connectivity index (χ0) is 14.2. The molecule has 0 saturated carbocycles. The Bertz CT molecular complexity index is 434. The van der Waals surface area contributed by atoms with Gasteiger partial charge in [-0.3, -0.25) is 4.57 Å². The molecular formula is C10H15ClNO5P. The van der Waals surface area contributed by atoms with E-state index in [0.29, 0.717) is 5.75 Å². The average Bonchev–Trinajstić information content (AvgIpc) is 2.29. The van der Waals surface area contributed by atoms with Crippen LogP contribution in [0.15, 0.2) is 24.3 Å². The highest BCUT2D eigenvalue weighted by atomic mass is 35.5. The third kappa shape index (κ3) is 9.01. The van der Waals surface area contributed by atoms with Gasteiger partial charge in [-0.25, -0.2) is 4.79 Å². The molecule has 1 aromatic carbocycles. The van der Waals surface area contributed by atoms with Crippen molar-refractivity contribution >= 4 is 25.3 Å². The topological polar surface area (TPSA) is 95.9 Å². The predicted molar refractivity (Wildman–Crippen MR) is 69.0 cm³/mol. The SMILES string of the molecule is CNC(=O)Oc1cccc(C)c1.O=P(O)(O)CCl. The van der Waals surface area contributed by atoms with Crippen LogP contribution in [0.5, 0.6) is 5.75 Å². The molecule has 1 aromatic rings. The lowest BCUT2D eigenvalue weighted by Gasteiger charge is -2.02. The molecule has 0 saturated heterocycles. The third-order valence-corrected chi connectivity index (χ3v) is 2.81. The normalized spacial score (nSPS) is 10.1. The second kappa shape index (κ2) is 8.11. The fourth-order valence-corrected chi connectivity index (χ4v) is 0.837. The fraction of sp³-hybridized carbons (Fsp3) is 0.300. The quantitative estimate of drug-likeness (QED) is 0.573. The molecule has 0 aliphatic rings. The molecule has 0 spiro atoms. The molecule has 1 rings (SSSR count). The van der Waals surface area contributed by atoms with Gasteiger partial charge in [0.2, 0.25) is 0 Å². The first-order chi connectivity index (χ1) is 8.28. The molecule has 0 heterocycles. The first-order valence-electron chi connectivity index (χ1n) is 4.85. The number of nitrogens with one attached hydrogen (secondary N) is 1. The third-order valence-electron chi connectivity index (χ3n) is 1.56. The van der Waals surface area contributed by atoms with Gasteiger partial charge in [-0.1, -0.05) is 12.1 Å². The minimum absolute atomic E-state index is 0.444. The minimum Gasteiger partial charge on any atom is -0.410 e. The average molecular weight is 296 g/mol. The second-order valence-corrected chi connectivity index (χ2v) is 5.53. The summed E-state index contributed by atoms with van der Waals surface area (Å²) >= 11 is 4.71. The number of rotatable bonds is 2. The lowest BCUT2D eigenvalue weighted by atomic mass is 10.2. The van der Waals surface area contributed by atoms with E-state index in [9.17, 15) is 9.36 Å². The maximum absolute atomic E-state index is 10.8. The van der Waals surface area contributed by atoms with Crippen molar-refractivity contribution in [1.29, 1.82) is 0 Å². The van der Waals surface area contributed by atoms with E-state index in [1.165, 1.54) is 7.05 Å². The number of hydrogen-bond donors (Lipinski definition) is 3. The van der Waals surface area contributed by atoms with Crippen LogP contribution in [0.4, 0.5) is 4.79 Å².